The molecule has 8 heteroatoms. The molecule has 1 saturated carbocycles. The molecule has 1 amide bonds. The number of aliphatic hydroxyl groups excluding tert-OH is 1. The van der Waals surface area contributed by atoms with Crippen LogP contribution < -0.4 is 15.4 Å². The Hall–Kier alpha value is -3.36. The minimum Gasteiger partial charge on any atom is -0.457 e. The summed E-state index contributed by atoms with van der Waals surface area (Å²) in [5.41, 5.74) is 0.616. The van der Waals surface area contributed by atoms with E-state index in [9.17, 15) is 14.3 Å². The van der Waals surface area contributed by atoms with Gasteiger partial charge in [-0.25, -0.2) is 14.4 Å². The Morgan fingerprint density at radius 1 is 1.07 bits per heavy atom. The Balaban J connectivity index is 1.29. The van der Waals surface area contributed by atoms with Crippen molar-refractivity contribution in [1.29, 1.82) is 0 Å². The van der Waals surface area contributed by atoms with Gasteiger partial charge in [-0.15, -0.1) is 0 Å². The van der Waals surface area contributed by atoms with Gasteiger partial charge in [-0.2, -0.15) is 0 Å². The first-order valence-electron chi connectivity index (χ1n) is 9.55. The van der Waals surface area contributed by atoms with Crippen molar-refractivity contribution in [2.75, 3.05) is 0 Å². The zero-order valence-corrected chi connectivity index (χ0v) is 16.1. The highest BCUT2D eigenvalue weighted by Crippen LogP contribution is 2.38. The van der Waals surface area contributed by atoms with Crippen molar-refractivity contribution in [3.63, 3.8) is 0 Å². The summed E-state index contributed by atoms with van der Waals surface area (Å²) in [7, 11) is 0. The largest absolute Gasteiger partial charge is 0.457 e. The molecule has 30 heavy (non-hydrogen) atoms. The number of ether oxygens (including phenoxy) is 1. The van der Waals surface area contributed by atoms with Crippen molar-refractivity contribution in [2.24, 2.45) is 0 Å². The van der Waals surface area contributed by atoms with Crippen LogP contribution in [0.5, 0.6) is 11.5 Å². The minimum atomic E-state index is -0.888. The van der Waals surface area contributed by atoms with Crippen LogP contribution in [0.4, 0.5) is 4.39 Å². The van der Waals surface area contributed by atoms with Crippen molar-refractivity contribution in [3.05, 3.63) is 84.2 Å². The van der Waals surface area contributed by atoms with Crippen molar-refractivity contribution in [2.45, 2.75) is 31.2 Å². The van der Waals surface area contributed by atoms with Crippen molar-refractivity contribution in [3.8, 4) is 11.5 Å². The van der Waals surface area contributed by atoms with Crippen LogP contribution in [-0.4, -0.2) is 32.7 Å². The van der Waals surface area contributed by atoms with Gasteiger partial charge in [0.1, 0.15) is 29.9 Å². The summed E-state index contributed by atoms with van der Waals surface area (Å²) in [4.78, 5) is 20.0. The fourth-order valence-electron chi connectivity index (χ4n) is 3.04. The maximum atomic E-state index is 13.0. The lowest BCUT2D eigenvalue weighted by atomic mass is 10.1. The number of aliphatic hydroxyl groups is 1. The lowest BCUT2D eigenvalue weighted by Gasteiger charge is -2.24. The summed E-state index contributed by atoms with van der Waals surface area (Å²) in [6, 6.07) is 13.2. The van der Waals surface area contributed by atoms with Gasteiger partial charge in [0, 0.05) is 18.9 Å². The Morgan fingerprint density at radius 2 is 1.67 bits per heavy atom. The van der Waals surface area contributed by atoms with E-state index in [0.717, 1.165) is 5.56 Å². The van der Waals surface area contributed by atoms with Crippen LogP contribution in [-0.2, 0) is 6.54 Å². The molecule has 0 bridgehead atoms. The number of carbonyl (C=O) groups is 1. The molecule has 1 aliphatic rings. The zero-order valence-electron chi connectivity index (χ0n) is 16.1. The SMILES string of the molecule is O=C(NC1(C(O)NCc2ccc(Oc3ccc(F)cc3)cc2)CC1)c1cncnc1. The number of benzene rings is 2. The molecule has 1 unspecified atom stereocenters. The molecule has 154 valence electrons. The van der Waals surface area contributed by atoms with Gasteiger partial charge in [0.25, 0.3) is 5.91 Å². The number of hydrogen-bond acceptors (Lipinski definition) is 6. The fourth-order valence-corrected chi connectivity index (χ4v) is 3.04. The van der Waals surface area contributed by atoms with Crippen LogP contribution in [0.15, 0.2) is 67.3 Å². The first-order chi connectivity index (χ1) is 14.5. The molecule has 0 radical (unpaired) electrons. The molecule has 1 aliphatic carbocycles. The molecule has 2 aromatic carbocycles. The molecule has 4 rings (SSSR count). The second-order valence-corrected chi connectivity index (χ2v) is 7.22. The van der Waals surface area contributed by atoms with Crippen molar-refractivity contribution >= 4 is 5.91 Å². The van der Waals surface area contributed by atoms with E-state index in [-0.39, 0.29) is 11.7 Å². The molecule has 3 aromatic rings. The van der Waals surface area contributed by atoms with Crippen LogP contribution >= 0.6 is 0 Å². The second kappa shape index (κ2) is 8.56. The zero-order chi connectivity index (χ0) is 21.0. The first-order valence-corrected chi connectivity index (χ1v) is 9.55. The van der Waals surface area contributed by atoms with E-state index in [2.05, 4.69) is 20.6 Å². The van der Waals surface area contributed by atoms with Gasteiger partial charge in [0.05, 0.1) is 11.1 Å². The van der Waals surface area contributed by atoms with Crippen LogP contribution in [0.25, 0.3) is 0 Å². The monoisotopic (exact) mass is 408 g/mol. The molecule has 1 atom stereocenters. The number of nitrogens with one attached hydrogen (secondary N) is 2. The van der Waals surface area contributed by atoms with Gasteiger partial charge in [0.15, 0.2) is 0 Å². The Bertz CT molecular complexity index is 993. The van der Waals surface area contributed by atoms with E-state index >= 15 is 0 Å². The molecule has 0 aliphatic heterocycles. The highest BCUT2D eigenvalue weighted by Gasteiger charge is 2.50. The lowest BCUT2D eigenvalue weighted by Crippen LogP contribution is -2.52. The molecular formula is C22H21FN4O3. The molecule has 1 heterocycles. The van der Waals surface area contributed by atoms with Crippen LogP contribution in [0.1, 0.15) is 28.8 Å². The summed E-state index contributed by atoms with van der Waals surface area (Å²) in [6.07, 6.45) is 4.72. The number of carbonyl (C=O) groups excluding carboxylic acids is 1. The van der Waals surface area contributed by atoms with E-state index in [1.54, 1.807) is 24.3 Å². The second-order valence-electron chi connectivity index (χ2n) is 7.22. The number of nitrogens with zero attached hydrogens (tertiary/aromatic N) is 2. The van der Waals surface area contributed by atoms with E-state index < -0.39 is 11.8 Å². The Kier molecular flexibility index (Phi) is 5.69. The highest BCUT2D eigenvalue weighted by atomic mass is 19.1. The van der Waals surface area contributed by atoms with Crippen LogP contribution in [0.2, 0.25) is 0 Å². The predicted octanol–water partition coefficient (Wildman–Crippen LogP) is 2.78. The van der Waals surface area contributed by atoms with Crippen LogP contribution in [0, 0.1) is 5.82 Å². The number of aromatic nitrogens is 2. The van der Waals surface area contributed by atoms with Crippen LogP contribution in [0.3, 0.4) is 0 Å². The van der Waals surface area contributed by atoms with Crippen molar-refractivity contribution < 1.29 is 19.0 Å². The summed E-state index contributed by atoms with van der Waals surface area (Å²) in [6.45, 7) is 0.421. The molecule has 1 fully saturated rings. The van der Waals surface area contributed by atoms with Gasteiger partial charge in [-0.05, 0) is 54.8 Å². The maximum absolute atomic E-state index is 13.0. The predicted molar refractivity (Wildman–Crippen MR) is 107 cm³/mol. The molecule has 0 saturated heterocycles. The van der Waals surface area contributed by atoms with Gasteiger partial charge >= 0.3 is 0 Å². The van der Waals surface area contributed by atoms with E-state index in [0.29, 0.717) is 36.4 Å². The van der Waals surface area contributed by atoms with Gasteiger partial charge in [-0.1, -0.05) is 12.1 Å². The van der Waals surface area contributed by atoms with E-state index in [1.807, 2.05) is 12.1 Å². The Morgan fingerprint density at radius 3 is 2.27 bits per heavy atom. The molecule has 7 nitrogen and oxygen atoms in total. The standard InChI is InChI=1S/C22H21FN4O3/c23-17-3-7-19(8-4-17)30-18-5-1-15(2-6-18)11-26-21(29)22(9-10-22)27-20(28)16-12-24-14-25-13-16/h1-8,12-14,21,26,29H,9-11H2,(H,27,28). The normalized spacial score (nSPS) is 15.3. The summed E-state index contributed by atoms with van der Waals surface area (Å²) in [5, 5.41) is 16.5. The lowest BCUT2D eigenvalue weighted by molar-refractivity contribution is 0.0660. The summed E-state index contributed by atoms with van der Waals surface area (Å²) >= 11 is 0. The molecule has 1 aromatic heterocycles. The average Bonchev–Trinajstić information content (AvgIpc) is 3.56. The number of halogens is 1. The Labute approximate surface area is 173 Å². The first kappa shape index (κ1) is 19.9. The van der Waals surface area contributed by atoms with Gasteiger partial charge in [0.2, 0.25) is 0 Å². The quantitative estimate of drug-likeness (QED) is 0.496. The maximum Gasteiger partial charge on any atom is 0.254 e. The third kappa shape index (κ3) is 4.79. The number of amides is 1. The third-order valence-electron chi connectivity index (χ3n) is 4.97. The van der Waals surface area contributed by atoms with E-state index in [4.69, 9.17) is 4.74 Å². The summed E-state index contributed by atoms with van der Waals surface area (Å²) < 4.78 is 18.6. The average molecular weight is 408 g/mol. The van der Waals surface area contributed by atoms with Gasteiger partial charge in [-0.3, -0.25) is 10.1 Å². The highest BCUT2D eigenvalue weighted by molar-refractivity contribution is 5.94. The number of hydrogen-bond donors (Lipinski definition) is 3. The van der Waals surface area contributed by atoms with Gasteiger partial charge < -0.3 is 15.2 Å². The van der Waals surface area contributed by atoms with Crippen molar-refractivity contribution in [1.82, 2.24) is 20.6 Å². The molecular weight excluding hydrogens is 387 g/mol. The molecule has 0 spiro atoms. The fraction of sp³-hybridized carbons (Fsp3) is 0.227. The number of rotatable bonds is 8. The topological polar surface area (TPSA) is 96.4 Å². The van der Waals surface area contributed by atoms with E-state index in [1.165, 1.54) is 30.9 Å². The molecule has 3 N–H and O–H groups in total. The minimum absolute atomic E-state index is 0.309. The third-order valence-corrected chi connectivity index (χ3v) is 4.97. The summed E-state index contributed by atoms with van der Waals surface area (Å²) in [5.74, 6) is 0.551. The smallest absolute Gasteiger partial charge is 0.254 e.